The third kappa shape index (κ3) is 3.99. The van der Waals surface area contributed by atoms with Crippen molar-refractivity contribution in [3.8, 4) is 5.88 Å². The Kier molecular flexibility index (Phi) is 4.02. The smallest absolute Gasteiger partial charge is 0.239 e. The summed E-state index contributed by atoms with van der Waals surface area (Å²) in [5.41, 5.74) is 5.49. The van der Waals surface area contributed by atoms with E-state index < -0.39 is 15.8 Å². The summed E-state index contributed by atoms with van der Waals surface area (Å²) in [7, 11) is -2.08. The number of pyridine rings is 1. The number of thiocarbonyl (C=S) groups is 1. The van der Waals surface area contributed by atoms with E-state index in [-0.39, 0.29) is 4.99 Å². The molecule has 1 aromatic heterocycles. The second-order valence-electron chi connectivity index (χ2n) is 2.92. The van der Waals surface area contributed by atoms with Crippen molar-refractivity contribution in [3.63, 3.8) is 0 Å². The third-order valence-corrected chi connectivity index (χ3v) is 3.12. The molecular formula is C8H11N3O3S2. The van der Waals surface area contributed by atoms with E-state index in [1.54, 1.807) is 6.07 Å². The molecule has 1 rings (SSSR count). The van der Waals surface area contributed by atoms with Crippen molar-refractivity contribution in [1.82, 2.24) is 4.98 Å². The molecule has 0 bridgehead atoms. The van der Waals surface area contributed by atoms with Gasteiger partial charge >= 0.3 is 0 Å². The van der Waals surface area contributed by atoms with Crippen molar-refractivity contribution in [1.29, 1.82) is 0 Å². The molecule has 0 aromatic carbocycles. The molecule has 0 aliphatic heterocycles. The lowest BCUT2D eigenvalue weighted by atomic mass is 10.4. The number of nitrogens with one attached hydrogen (secondary N) is 1. The number of hydrogen-bond acceptors (Lipinski definition) is 5. The molecule has 8 heteroatoms. The Labute approximate surface area is 98.9 Å². The molecule has 1 aromatic rings. The number of methoxy groups -OCH3 is 1. The fraction of sp³-hybridized carbons (Fsp3) is 0.250. The van der Waals surface area contributed by atoms with Gasteiger partial charge in [-0.2, -0.15) is 0 Å². The van der Waals surface area contributed by atoms with Crippen LogP contribution in [0.4, 0.5) is 5.69 Å². The number of aromatic nitrogens is 1. The zero-order valence-corrected chi connectivity index (χ0v) is 10.1. The van der Waals surface area contributed by atoms with E-state index in [4.69, 9.17) is 10.5 Å². The zero-order chi connectivity index (χ0) is 12.2. The third-order valence-electron chi connectivity index (χ3n) is 1.55. The number of nitrogens with zero attached hydrogens (tertiary/aromatic N) is 1. The highest BCUT2D eigenvalue weighted by Crippen LogP contribution is 2.12. The number of nitrogens with two attached hydrogens (primary N) is 1. The lowest BCUT2D eigenvalue weighted by Crippen LogP contribution is -2.26. The summed E-state index contributed by atoms with van der Waals surface area (Å²) in [4.78, 5) is 3.76. The van der Waals surface area contributed by atoms with Crippen LogP contribution >= 0.6 is 12.2 Å². The lowest BCUT2D eigenvalue weighted by molar-refractivity contribution is 0.398. The minimum absolute atomic E-state index is 0.0889. The number of sulfonamides is 1. The fourth-order valence-electron chi connectivity index (χ4n) is 0.964. The van der Waals surface area contributed by atoms with Crippen molar-refractivity contribution in [2.45, 2.75) is 0 Å². The van der Waals surface area contributed by atoms with Crippen molar-refractivity contribution in [2.75, 3.05) is 17.6 Å². The van der Waals surface area contributed by atoms with Crippen LogP contribution in [0.5, 0.6) is 5.88 Å². The average molecular weight is 261 g/mol. The topological polar surface area (TPSA) is 94.3 Å². The Morgan fingerprint density at radius 1 is 1.62 bits per heavy atom. The molecule has 88 valence electrons. The summed E-state index contributed by atoms with van der Waals surface area (Å²) in [6.45, 7) is 0. The van der Waals surface area contributed by atoms with Gasteiger partial charge in [-0.05, 0) is 6.07 Å². The monoisotopic (exact) mass is 261 g/mol. The van der Waals surface area contributed by atoms with Gasteiger partial charge in [-0.15, -0.1) is 0 Å². The van der Waals surface area contributed by atoms with Gasteiger partial charge < -0.3 is 10.5 Å². The highest BCUT2D eigenvalue weighted by Gasteiger charge is 2.11. The minimum atomic E-state index is -3.55. The van der Waals surface area contributed by atoms with Crippen molar-refractivity contribution < 1.29 is 13.2 Å². The number of anilines is 1. The maximum Gasteiger partial charge on any atom is 0.239 e. The number of rotatable bonds is 5. The maximum absolute atomic E-state index is 11.4. The molecule has 16 heavy (non-hydrogen) atoms. The first-order chi connectivity index (χ1) is 7.43. The molecule has 0 saturated heterocycles. The Morgan fingerprint density at radius 2 is 2.31 bits per heavy atom. The summed E-state index contributed by atoms with van der Waals surface area (Å²) in [5.74, 6) is 0.00579. The molecule has 0 radical (unpaired) electrons. The molecule has 1 heterocycles. The van der Waals surface area contributed by atoms with Gasteiger partial charge in [-0.25, -0.2) is 13.4 Å². The van der Waals surface area contributed by atoms with E-state index in [1.807, 2.05) is 0 Å². The Balaban J connectivity index is 2.76. The van der Waals surface area contributed by atoms with Crippen LogP contribution in [0.3, 0.4) is 0 Å². The molecule has 0 unspecified atom stereocenters. The van der Waals surface area contributed by atoms with Crippen LogP contribution in [0.25, 0.3) is 0 Å². The van der Waals surface area contributed by atoms with Crippen LogP contribution in [0, 0.1) is 0 Å². The van der Waals surface area contributed by atoms with Gasteiger partial charge in [0.25, 0.3) is 0 Å². The van der Waals surface area contributed by atoms with Gasteiger partial charge in [-0.3, -0.25) is 4.72 Å². The van der Waals surface area contributed by atoms with Gasteiger partial charge in [0.2, 0.25) is 15.9 Å². The molecule has 0 fully saturated rings. The highest BCUT2D eigenvalue weighted by molar-refractivity contribution is 7.95. The van der Waals surface area contributed by atoms with Crippen molar-refractivity contribution in [3.05, 3.63) is 18.3 Å². The zero-order valence-electron chi connectivity index (χ0n) is 8.50. The van der Waals surface area contributed by atoms with E-state index in [0.717, 1.165) is 0 Å². The molecule has 0 amide bonds. The van der Waals surface area contributed by atoms with Crippen molar-refractivity contribution in [2.24, 2.45) is 5.73 Å². The molecule has 0 atom stereocenters. The second kappa shape index (κ2) is 5.08. The summed E-state index contributed by atoms with van der Waals surface area (Å²) in [5, 5.41) is 0. The first-order valence-corrected chi connectivity index (χ1v) is 6.28. The predicted molar refractivity (Wildman–Crippen MR) is 65.0 cm³/mol. The highest BCUT2D eigenvalue weighted by atomic mass is 32.2. The van der Waals surface area contributed by atoms with Crippen LogP contribution in [0.1, 0.15) is 0 Å². The Morgan fingerprint density at radius 3 is 2.75 bits per heavy atom. The first kappa shape index (κ1) is 12.7. The second-order valence-corrected chi connectivity index (χ2v) is 5.16. The normalized spacial score (nSPS) is 10.8. The molecule has 0 aliphatic rings. The van der Waals surface area contributed by atoms with E-state index >= 15 is 0 Å². The quantitative estimate of drug-likeness (QED) is 0.731. The summed E-state index contributed by atoms with van der Waals surface area (Å²) < 4.78 is 30.0. The van der Waals surface area contributed by atoms with E-state index in [1.165, 1.54) is 19.4 Å². The largest absolute Gasteiger partial charge is 0.481 e. The van der Waals surface area contributed by atoms with Crippen LogP contribution in [0.2, 0.25) is 0 Å². The average Bonchev–Trinajstić information content (AvgIpc) is 2.16. The van der Waals surface area contributed by atoms with Gasteiger partial charge in [0.1, 0.15) is 5.75 Å². The van der Waals surface area contributed by atoms with Gasteiger partial charge in [-0.1, -0.05) is 12.2 Å². The summed E-state index contributed by atoms with van der Waals surface area (Å²) in [6, 6.07) is 3.07. The number of hydrogen-bond donors (Lipinski definition) is 2. The predicted octanol–water partition coefficient (Wildman–Crippen LogP) is 0.118. The van der Waals surface area contributed by atoms with Crippen LogP contribution in [-0.2, 0) is 10.0 Å². The van der Waals surface area contributed by atoms with Crippen LogP contribution in [0.15, 0.2) is 18.3 Å². The Hall–Kier alpha value is -1.41. The Bertz CT molecular complexity index is 470. The minimum Gasteiger partial charge on any atom is -0.481 e. The van der Waals surface area contributed by atoms with Crippen LogP contribution in [-0.4, -0.2) is 31.3 Å². The number of ether oxygens (including phenoxy) is 1. The standard InChI is InChI=1S/C8H11N3O3S2/c1-14-8-3-2-6(4-10-8)11-16(12,13)5-7(9)15/h2-4,11H,5H2,1H3,(H2,9,15). The SMILES string of the molecule is COc1ccc(NS(=O)(=O)CC(N)=S)cn1. The maximum atomic E-state index is 11.4. The molecule has 0 aliphatic carbocycles. The molecule has 3 N–H and O–H groups in total. The van der Waals surface area contributed by atoms with E-state index in [2.05, 4.69) is 21.9 Å². The van der Waals surface area contributed by atoms with Gasteiger partial charge in [0.05, 0.1) is 24.0 Å². The molecule has 0 spiro atoms. The molecule has 0 saturated carbocycles. The van der Waals surface area contributed by atoms with Crippen LogP contribution < -0.4 is 15.2 Å². The molecular weight excluding hydrogens is 250 g/mol. The molecule has 6 nitrogen and oxygen atoms in total. The fourth-order valence-corrected chi connectivity index (χ4v) is 2.36. The summed E-state index contributed by atoms with van der Waals surface area (Å²) >= 11 is 4.52. The summed E-state index contributed by atoms with van der Waals surface area (Å²) in [6.07, 6.45) is 1.34. The first-order valence-electron chi connectivity index (χ1n) is 4.22. The van der Waals surface area contributed by atoms with E-state index in [9.17, 15) is 8.42 Å². The van der Waals surface area contributed by atoms with Crippen molar-refractivity contribution >= 4 is 32.9 Å². The van der Waals surface area contributed by atoms with Gasteiger partial charge in [0, 0.05) is 6.07 Å². The lowest BCUT2D eigenvalue weighted by Gasteiger charge is -2.06. The van der Waals surface area contributed by atoms with Gasteiger partial charge in [0.15, 0.2) is 0 Å². The van der Waals surface area contributed by atoms with E-state index in [0.29, 0.717) is 11.6 Å².